The van der Waals surface area contributed by atoms with Crippen molar-refractivity contribution in [2.75, 3.05) is 0 Å². The monoisotopic (exact) mass is 295 g/mol. The SMILES string of the molecule is Fc1c(-n2ccc3cnccc32)c2ccccc2[nH]c1=S. The number of pyridine rings is 2. The van der Waals surface area contributed by atoms with E-state index in [9.17, 15) is 4.39 Å². The van der Waals surface area contributed by atoms with Crippen LogP contribution in [-0.4, -0.2) is 14.5 Å². The minimum atomic E-state index is -0.419. The lowest BCUT2D eigenvalue weighted by atomic mass is 10.2. The average molecular weight is 295 g/mol. The molecule has 0 aliphatic rings. The Bertz CT molecular complexity index is 1030. The summed E-state index contributed by atoms with van der Waals surface area (Å²) < 4.78 is 16.6. The smallest absolute Gasteiger partial charge is 0.182 e. The van der Waals surface area contributed by atoms with E-state index in [0.717, 1.165) is 21.8 Å². The molecular weight excluding hydrogens is 285 g/mol. The first-order valence-corrected chi connectivity index (χ1v) is 6.88. The highest BCUT2D eigenvalue weighted by Gasteiger charge is 2.14. The summed E-state index contributed by atoms with van der Waals surface area (Å²) in [6.45, 7) is 0. The van der Waals surface area contributed by atoms with Crippen molar-refractivity contribution >= 4 is 34.0 Å². The molecule has 0 saturated carbocycles. The van der Waals surface area contributed by atoms with Crippen LogP contribution in [0, 0.1) is 10.5 Å². The summed E-state index contributed by atoms with van der Waals surface area (Å²) in [5, 5.41) is 1.75. The van der Waals surface area contributed by atoms with Crippen LogP contribution in [0.5, 0.6) is 0 Å². The van der Waals surface area contributed by atoms with Gasteiger partial charge in [0, 0.05) is 34.9 Å². The normalized spacial score (nSPS) is 11.3. The van der Waals surface area contributed by atoms with Crippen molar-refractivity contribution in [2.24, 2.45) is 0 Å². The molecule has 0 spiro atoms. The maximum Gasteiger partial charge on any atom is 0.182 e. The second-order valence-electron chi connectivity index (χ2n) is 4.78. The number of H-pyrrole nitrogens is 1. The number of aromatic nitrogens is 3. The molecule has 3 aromatic heterocycles. The molecule has 0 radical (unpaired) electrons. The van der Waals surface area contributed by atoms with E-state index in [-0.39, 0.29) is 4.64 Å². The van der Waals surface area contributed by atoms with Crippen molar-refractivity contribution in [2.45, 2.75) is 0 Å². The van der Waals surface area contributed by atoms with Gasteiger partial charge in [0.15, 0.2) is 5.82 Å². The molecule has 0 atom stereocenters. The quantitative estimate of drug-likeness (QED) is 0.529. The van der Waals surface area contributed by atoms with Crippen LogP contribution in [0.15, 0.2) is 55.0 Å². The maximum absolute atomic E-state index is 14.7. The second-order valence-corrected chi connectivity index (χ2v) is 5.19. The van der Waals surface area contributed by atoms with Gasteiger partial charge < -0.3 is 9.55 Å². The Labute approximate surface area is 124 Å². The third-order valence-electron chi connectivity index (χ3n) is 3.57. The van der Waals surface area contributed by atoms with Crippen molar-refractivity contribution in [3.05, 3.63) is 65.4 Å². The van der Waals surface area contributed by atoms with Crippen LogP contribution in [0.25, 0.3) is 27.5 Å². The van der Waals surface area contributed by atoms with Crippen molar-refractivity contribution in [1.82, 2.24) is 14.5 Å². The molecule has 21 heavy (non-hydrogen) atoms. The van der Waals surface area contributed by atoms with Gasteiger partial charge in [-0.25, -0.2) is 4.39 Å². The Morgan fingerprint density at radius 2 is 2.00 bits per heavy atom. The topological polar surface area (TPSA) is 33.6 Å². The van der Waals surface area contributed by atoms with Gasteiger partial charge in [-0.1, -0.05) is 30.4 Å². The van der Waals surface area contributed by atoms with Crippen LogP contribution in [0.4, 0.5) is 4.39 Å². The van der Waals surface area contributed by atoms with E-state index in [0.29, 0.717) is 5.69 Å². The molecule has 102 valence electrons. The van der Waals surface area contributed by atoms with Crippen molar-refractivity contribution < 1.29 is 4.39 Å². The molecule has 0 fully saturated rings. The molecular formula is C16H10FN3S. The van der Waals surface area contributed by atoms with Crippen LogP contribution in [0.1, 0.15) is 0 Å². The fourth-order valence-corrected chi connectivity index (χ4v) is 2.82. The standard InChI is InChI=1S/C16H10FN3S/c17-14-15(11-3-1-2-4-12(11)19-16(14)21)20-8-6-10-9-18-7-5-13(10)20/h1-9H,(H,19,21). The molecule has 4 rings (SSSR count). The Morgan fingerprint density at radius 3 is 2.90 bits per heavy atom. The minimum absolute atomic E-state index is 0.111. The highest BCUT2D eigenvalue weighted by atomic mass is 32.1. The van der Waals surface area contributed by atoms with E-state index in [4.69, 9.17) is 12.2 Å². The molecule has 1 N–H and O–H groups in total. The molecule has 3 nitrogen and oxygen atoms in total. The number of halogens is 1. The van der Waals surface area contributed by atoms with Gasteiger partial charge in [-0.15, -0.1) is 0 Å². The number of benzene rings is 1. The van der Waals surface area contributed by atoms with Gasteiger partial charge in [0.2, 0.25) is 0 Å². The summed E-state index contributed by atoms with van der Waals surface area (Å²) in [6, 6.07) is 11.3. The first kappa shape index (κ1) is 12.2. The zero-order valence-corrected chi connectivity index (χ0v) is 11.7. The maximum atomic E-state index is 14.7. The minimum Gasteiger partial charge on any atom is -0.344 e. The number of hydrogen-bond donors (Lipinski definition) is 1. The van der Waals surface area contributed by atoms with E-state index in [1.54, 1.807) is 12.4 Å². The van der Waals surface area contributed by atoms with Crippen LogP contribution >= 0.6 is 12.2 Å². The molecule has 3 heterocycles. The third-order valence-corrected chi connectivity index (χ3v) is 3.85. The summed E-state index contributed by atoms with van der Waals surface area (Å²) in [6.07, 6.45) is 5.30. The third kappa shape index (κ3) is 1.78. The van der Waals surface area contributed by atoms with Gasteiger partial charge in [-0.3, -0.25) is 4.98 Å². The number of nitrogens with one attached hydrogen (secondary N) is 1. The Hall–Kier alpha value is -2.53. The highest BCUT2D eigenvalue weighted by molar-refractivity contribution is 7.71. The van der Waals surface area contributed by atoms with Crippen LogP contribution in [0.2, 0.25) is 0 Å². The zero-order valence-electron chi connectivity index (χ0n) is 10.9. The van der Waals surface area contributed by atoms with E-state index >= 15 is 0 Å². The first-order valence-electron chi connectivity index (χ1n) is 6.47. The Kier molecular flexibility index (Phi) is 2.62. The molecule has 0 aliphatic heterocycles. The van der Waals surface area contributed by atoms with Crippen molar-refractivity contribution in [3.8, 4) is 5.69 Å². The lowest BCUT2D eigenvalue weighted by Gasteiger charge is -2.11. The fourth-order valence-electron chi connectivity index (χ4n) is 2.61. The Balaban J connectivity index is 2.20. The Morgan fingerprint density at radius 1 is 1.14 bits per heavy atom. The molecule has 0 aliphatic carbocycles. The van der Waals surface area contributed by atoms with E-state index in [2.05, 4.69) is 9.97 Å². The lowest BCUT2D eigenvalue weighted by Crippen LogP contribution is -2.00. The largest absolute Gasteiger partial charge is 0.344 e. The molecule has 1 aromatic carbocycles. The molecule has 5 heteroatoms. The number of fused-ring (bicyclic) bond motifs is 2. The predicted octanol–water partition coefficient (Wildman–Crippen LogP) is 4.38. The predicted molar refractivity (Wildman–Crippen MR) is 83.7 cm³/mol. The van der Waals surface area contributed by atoms with Gasteiger partial charge in [0.1, 0.15) is 4.64 Å². The lowest BCUT2D eigenvalue weighted by molar-refractivity contribution is 0.612. The summed E-state index contributed by atoms with van der Waals surface area (Å²) in [4.78, 5) is 7.01. The molecule has 0 amide bonds. The van der Waals surface area contributed by atoms with Gasteiger partial charge in [0.05, 0.1) is 11.2 Å². The van der Waals surface area contributed by atoms with Gasteiger partial charge in [-0.05, 0) is 18.2 Å². The highest BCUT2D eigenvalue weighted by Crippen LogP contribution is 2.28. The first-order chi connectivity index (χ1) is 10.3. The fraction of sp³-hybridized carbons (Fsp3) is 0. The second kappa shape index (κ2) is 4.49. The van der Waals surface area contributed by atoms with Gasteiger partial charge >= 0.3 is 0 Å². The molecule has 0 bridgehead atoms. The summed E-state index contributed by atoms with van der Waals surface area (Å²) in [5.74, 6) is -0.419. The number of para-hydroxylation sites is 1. The number of rotatable bonds is 1. The summed E-state index contributed by atoms with van der Waals surface area (Å²) in [5.41, 5.74) is 2.18. The van der Waals surface area contributed by atoms with Crippen LogP contribution in [-0.2, 0) is 0 Å². The molecule has 0 unspecified atom stereocenters. The summed E-state index contributed by atoms with van der Waals surface area (Å²) >= 11 is 5.11. The average Bonchev–Trinajstić information content (AvgIpc) is 2.92. The van der Waals surface area contributed by atoms with Crippen molar-refractivity contribution in [3.63, 3.8) is 0 Å². The van der Waals surface area contributed by atoms with Gasteiger partial charge in [-0.2, -0.15) is 0 Å². The van der Waals surface area contributed by atoms with Gasteiger partial charge in [0.25, 0.3) is 0 Å². The number of hydrogen-bond acceptors (Lipinski definition) is 2. The van der Waals surface area contributed by atoms with Crippen LogP contribution in [0.3, 0.4) is 0 Å². The summed E-state index contributed by atoms with van der Waals surface area (Å²) in [7, 11) is 0. The molecule has 4 aromatic rings. The van der Waals surface area contributed by atoms with Crippen LogP contribution < -0.4 is 0 Å². The molecule has 0 saturated heterocycles. The number of aromatic amines is 1. The van der Waals surface area contributed by atoms with E-state index in [1.807, 2.05) is 47.2 Å². The number of nitrogens with zero attached hydrogens (tertiary/aromatic N) is 2. The zero-order chi connectivity index (χ0) is 14.4. The van der Waals surface area contributed by atoms with E-state index in [1.165, 1.54) is 0 Å². The van der Waals surface area contributed by atoms with E-state index < -0.39 is 5.82 Å². The van der Waals surface area contributed by atoms with Crippen molar-refractivity contribution in [1.29, 1.82) is 0 Å².